The summed E-state index contributed by atoms with van der Waals surface area (Å²) in [5.41, 5.74) is 0.991. The van der Waals surface area contributed by atoms with E-state index in [0.717, 1.165) is 0 Å². The van der Waals surface area contributed by atoms with Gasteiger partial charge in [0.25, 0.3) is 0 Å². The minimum absolute atomic E-state index is 0.0569. The van der Waals surface area contributed by atoms with Gasteiger partial charge in [-0.3, -0.25) is 4.79 Å². The van der Waals surface area contributed by atoms with Gasteiger partial charge in [-0.1, -0.05) is 16.8 Å². The van der Waals surface area contributed by atoms with E-state index in [0.29, 0.717) is 11.3 Å². The number of rotatable bonds is 1. The van der Waals surface area contributed by atoms with Crippen molar-refractivity contribution in [2.45, 2.75) is 13.8 Å². The van der Waals surface area contributed by atoms with Crippen LogP contribution in [0.15, 0.2) is 27.9 Å². The molecule has 0 saturated carbocycles. The molecule has 0 saturated heterocycles. The van der Waals surface area contributed by atoms with Gasteiger partial charge in [-0.2, -0.15) is 0 Å². The van der Waals surface area contributed by atoms with E-state index in [1.807, 2.05) is 0 Å². The van der Waals surface area contributed by atoms with Gasteiger partial charge in [0.15, 0.2) is 5.78 Å². The van der Waals surface area contributed by atoms with Gasteiger partial charge in [0, 0.05) is 6.92 Å². The number of allylic oxidation sites excluding steroid dienone is 4. The number of carbonyl (C=O) groups excluding carboxylic acids is 2. The largest absolute Gasteiger partial charge is 0.332 e. The van der Waals surface area contributed by atoms with Crippen molar-refractivity contribution in [2.24, 2.45) is 5.16 Å². The Bertz CT molecular complexity index is 380. The first kappa shape index (κ1) is 10.7. The van der Waals surface area contributed by atoms with Crippen LogP contribution >= 0.6 is 11.6 Å². The molecule has 0 aliphatic heterocycles. The number of nitrogens with zero attached hydrogens (tertiary/aromatic N) is 1. The summed E-state index contributed by atoms with van der Waals surface area (Å²) in [5, 5.41) is 3.59. The predicted octanol–water partition coefficient (Wildman–Crippen LogP) is 1.56. The van der Waals surface area contributed by atoms with Crippen LogP contribution in [0.5, 0.6) is 0 Å². The summed E-state index contributed by atoms with van der Waals surface area (Å²) in [6.45, 7) is 2.92. The number of ketones is 1. The summed E-state index contributed by atoms with van der Waals surface area (Å²) in [4.78, 5) is 25.9. The molecule has 0 spiro atoms. The molecule has 0 fully saturated rings. The van der Waals surface area contributed by atoms with Crippen LogP contribution in [0.25, 0.3) is 0 Å². The van der Waals surface area contributed by atoms with Crippen molar-refractivity contribution in [1.82, 2.24) is 0 Å². The minimum Gasteiger partial charge on any atom is -0.318 e. The highest BCUT2D eigenvalue weighted by molar-refractivity contribution is 6.47. The Morgan fingerprint density at radius 3 is 2.71 bits per heavy atom. The highest BCUT2D eigenvalue weighted by Gasteiger charge is 2.14. The maximum Gasteiger partial charge on any atom is 0.332 e. The second-order valence-corrected chi connectivity index (χ2v) is 3.15. The molecule has 4 nitrogen and oxygen atoms in total. The molecule has 0 atom stereocenters. The van der Waals surface area contributed by atoms with Crippen LogP contribution in [0, 0.1) is 0 Å². The monoisotopic (exact) mass is 213 g/mol. The van der Waals surface area contributed by atoms with Crippen LogP contribution in [-0.2, 0) is 14.4 Å². The fourth-order valence-electron chi connectivity index (χ4n) is 0.856. The molecule has 74 valence electrons. The zero-order chi connectivity index (χ0) is 10.7. The van der Waals surface area contributed by atoms with Gasteiger partial charge in [-0.25, -0.2) is 4.79 Å². The quantitative estimate of drug-likeness (QED) is 0.377. The Hall–Kier alpha value is -1.42. The zero-order valence-corrected chi connectivity index (χ0v) is 8.46. The smallest absolute Gasteiger partial charge is 0.318 e. The van der Waals surface area contributed by atoms with Gasteiger partial charge in [0.05, 0.1) is 5.03 Å². The summed E-state index contributed by atoms with van der Waals surface area (Å²) in [7, 11) is 0. The lowest BCUT2D eigenvalue weighted by Gasteiger charge is -2.06. The van der Waals surface area contributed by atoms with Gasteiger partial charge < -0.3 is 4.84 Å². The number of oxime groups is 1. The van der Waals surface area contributed by atoms with Crippen LogP contribution in [0.1, 0.15) is 13.8 Å². The Labute approximate surface area is 85.9 Å². The molecule has 1 aliphatic carbocycles. The fourth-order valence-corrected chi connectivity index (χ4v) is 1.01. The molecule has 0 amide bonds. The fraction of sp³-hybridized carbons (Fsp3) is 0.222. The van der Waals surface area contributed by atoms with Crippen LogP contribution < -0.4 is 0 Å². The van der Waals surface area contributed by atoms with Crippen molar-refractivity contribution in [3.8, 4) is 0 Å². The van der Waals surface area contributed by atoms with Crippen molar-refractivity contribution in [3.63, 3.8) is 0 Å². The minimum atomic E-state index is -0.522. The van der Waals surface area contributed by atoms with Crippen LogP contribution in [0.4, 0.5) is 0 Å². The van der Waals surface area contributed by atoms with Crippen molar-refractivity contribution in [1.29, 1.82) is 0 Å². The first-order chi connectivity index (χ1) is 6.50. The molecule has 0 aromatic heterocycles. The third-order valence-electron chi connectivity index (χ3n) is 1.52. The molecule has 0 unspecified atom stereocenters. The van der Waals surface area contributed by atoms with Crippen LogP contribution in [0.3, 0.4) is 0 Å². The van der Waals surface area contributed by atoms with E-state index in [-0.39, 0.29) is 10.8 Å². The van der Waals surface area contributed by atoms with E-state index in [9.17, 15) is 9.59 Å². The Morgan fingerprint density at radius 1 is 1.50 bits per heavy atom. The molecule has 5 heteroatoms. The summed E-state index contributed by atoms with van der Waals surface area (Å²) in [5.74, 6) is -0.794. The van der Waals surface area contributed by atoms with Crippen molar-refractivity contribution >= 4 is 29.1 Å². The highest BCUT2D eigenvalue weighted by Crippen LogP contribution is 2.15. The van der Waals surface area contributed by atoms with Crippen molar-refractivity contribution < 1.29 is 14.4 Å². The molecule has 0 radical (unpaired) electrons. The first-order valence-electron chi connectivity index (χ1n) is 3.86. The number of carbonyl (C=O) groups is 2. The van der Waals surface area contributed by atoms with E-state index in [1.165, 1.54) is 19.1 Å². The third-order valence-corrected chi connectivity index (χ3v) is 1.82. The van der Waals surface area contributed by atoms with Gasteiger partial charge in [0.2, 0.25) is 0 Å². The number of hydrogen-bond donors (Lipinski definition) is 0. The number of halogens is 1. The standard InChI is InChI=1S/C9H8ClNO3/c1-5-3-9(13)7(10)4-8(5)11-14-6(2)12/h3-4H,1-2H3/b11-8+. The number of hydrogen-bond acceptors (Lipinski definition) is 4. The molecule has 0 aromatic carbocycles. The van der Waals surface area contributed by atoms with E-state index in [1.54, 1.807) is 6.92 Å². The predicted molar refractivity (Wildman–Crippen MR) is 51.9 cm³/mol. The van der Waals surface area contributed by atoms with E-state index >= 15 is 0 Å². The van der Waals surface area contributed by atoms with Crippen LogP contribution in [-0.4, -0.2) is 17.5 Å². The molecule has 14 heavy (non-hydrogen) atoms. The van der Waals surface area contributed by atoms with Crippen molar-refractivity contribution in [2.75, 3.05) is 0 Å². The second-order valence-electron chi connectivity index (χ2n) is 2.74. The topological polar surface area (TPSA) is 55.7 Å². The summed E-state index contributed by atoms with van der Waals surface area (Å²) >= 11 is 5.59. The highest BCUT2D eigenvalue weighted by atomic mass is 35.5. The average molecular weight is 214 g/mol. The molecular formula is C9H8ClNO3. The summed E-state index contributed by atoms with van der Waals surface area (Å²) < 4.78 is 0. The van der Waals surface area contributed by atoms with Gasteiger partial charge >= 0.3 is 5.97 Å². The van der Waals surface area contributed by atoms with Crippen LogP contribution in [0.2, 0.25) is 0 Å². The lowest BCUT2D eigenvalue weighted by molar-refractivity contribution is -0.140. The zero-order valence-electron chi connectivity index (χ0n) is 7.70. The molecule has 0 aromatic rings. The van der Waals surface area contributed by atoms with Gasteiger partial charge in [0.1, 0.15) is 5.71 Å². The molecular weight excluding hydrogens is 206 g/mol. The lowest BCUT2D eigenvalue weighted by atomic mass is 10.1. The molecule has 0 N–H and O–H groups in total. The summed E-state index contributed by atoms with van der Waals surface area (Å²) in [6.07, 6.45) is 2.70. The molecule has 1 rings (SSSR count). The summed E-state index contributed by atoms with van der Waals surface area (Å²) in [6, 6.07) is 0. The van der Waals surface area contributed by atoms with Crippen molar-refractivity contribution in [3.05, 3.63) is 22.8 Å². The SMILES string of the molecule is CC(=O)O/N=C1\C=C(Cl)C(=O)C=C1C. The maximum atomic E-state index is 11.0. The Kier molecular flexibility index (Phi) is 3.19. The maximum absolute atomic E-state index is 11.0. The van der Waals surface area contributed by atoms with Gasteiger partial charge in [-0.05, 0) is 24.6 Å². The Morgan fingerprint density at radius 2 is 2.14 bits per heavy atom. The van der Waals surface area contributed by atoms with E-state index < -0.39 is 5.97 Å². The molecule has 0 bridgehead atoms. The average Bonchev–Trinajstić information content (AvgIpc) is 2.09. The van der Waals surface area contributed by atoms with Gasteiger partial charge in [-0.15, -0.1) is 0 Å². The van der Waals surface area contributed by atoms with E-state index in [4.69, 9.17) is 11.6 Å². The molecule has 1 aliphatic rings. The lowest BCUT2D eigenvalue weighted by Crippen LogP contribution is -2.10. The molecule has 0 heterocycles. The third kappa shape index (κ3) is 2.53. The normalized spacial score (nSPS) is 19.1. The first-order valence-corrected chi connectivity index (χ1v) is 4.24. The Balaban J connectivity index is 2.90. The second kappa shape index (κ2) is 4.19. The van der Waals surface area contributed by atoms with E-state index in [2.05, 4.69) is 9.99 Å².